The third-order valence-corrected chi connectivity index (χ3v) is 4.08. The highest BCUT2D eigenvalue weighted by Crippen LogP contribution is 2.29. The van der Waals surface area contributed by atoms with Gasteiger partial charge in [0.15, 0.2) is 0 Å². The lowest BCUT2D eigenvalue weighted by Crippen LogP contribution is -2.50. The van der Waals surface area contributed by atoms with Gasteiger partial charge in [-0.25, -0.2) is 14.2 Å². The van der Waals surface area contributed by atoms with Crippen molar-refractivity contribution in [1.82, 2.24) is 9.88 Å². The van der Waals surface area contributed by atoms with E-state index in [9.17, 15) is 22.4 Å². The smallest absolute Gasteiger partial charge is 0.353 e. The second-order valence-electron chi connectivity index (χ2n) is 5.79. The Morgan fingerprint density at radius 3 is 2.31 bits per heavy atom. The van der Waals surface area contributed by atoms with Crippen molar-refractivity contribution in [3.05, 3.63) is 54.0 Å². The molecule has 1 aliphatic rings. The van der Waals surface area contributed by atoms with Crippen LogP contribution in [0.15, 0.2) is 42.6 Å². The van der Waals surface area contributed by atoms with Gasteiger partial charge in [-0.3, -0.25) is 0 Å². The molecule has 1 aliphatic heterocycles. The van der Waals surface area contributed by atoms with E-state index in [-0.39, 0.29) is 5.69 Å². The minimum absolute atomic E-state index is 0.101. The summed E-state index contributed by atoms with van der Waals surface area (Å²) in [4.78, 5) is 19.4. The van der Waals surface area contributed by atoms with Crippen molar-refractivity contribution < 1.29 is 22.4 Å². The Kier molecular flexibility index (Phi) is 4.97. The molecular formula is C17H16F4N4O. The van der Waals surface area contributed by atoms with Crippen LogP contribution in [0.1, 0.15) is 5.56 Å². The largest absolute Gasteiger partial charge is 0.417 e. The number of para-hydroxylation sites is 1. The summed E-state index contributed by atoms with van der Waals surface area (Å²) in [7, 11) is 0. The molecular weight excluding hydrogens is 352 g/mol. The van der Waals surface area contributed by atoms with Crippen LogP contribution in [-0.2, 0) is 6.18 Å². The second-order valence-corrected chi connectivity index (χ2v) is 5.79. The van der Waals surface area contributed by atoms with Crippen LogP contribution in [-0.4, -0.2) is 42.1 Å². The molecule has 0 atom stereocenters. The van der Waals surface area contributed by atoms with E-state index in [0.29, 0.717) is 32.0 Å². The number of anilines is 2. The highest BCUT2D eigenvalue weighted by molar-refractivity contribution is 5.89. The molecule has 0 unspecified atom stereocenters. The van der Waals surface area contributed by atoms with Crippen molar-refractivity contribution >= 4 is 17.5 Å². The number of alkyl halides is 3. The average Bonchev–Trinajstić information content (AvgIpc) is 2.63. The topological polar surface area (TPSA) is 48.5 Å². The van der Waals surface area contributed by atoms with Crippen molar-refractivity contribution in [3.63, 3.8) is 0 Å². The number of urea groups is 1. The van der Waals surface area contributed by atoms with Gasteiger partial charge in [0.25, 0.3) is 0 Å². The van der Waals surface area contributed by atoms with Gasteiger partial charge >= 0.3 is 12.2 Å². The Morgan fingerprint density at radius 2 is 1.73 bits per heavy atom. The number of piperazine rings is 1. The highest BCUT2D eigenvalue weighted by atomic mass is 19.4. The maximum Gasteiger partial charge on any atom is 0.417 e. The van der Waals surface area contributed by atoms with Gasteiger partial charge in [-0.05, 0) is 24.3 Å². The molecule has 1 aromatic heterocycles. The molecule has 0 bridgehead atoms. The van der Waals surface area contributed by atoms with Gasteiger partial charge in [-0.1, -0.05) is 12.1 Å². The van der Waals surface area contributed by atoms with Crippen LogP contribution in [0.25, 0.3) is 0 Å². The predicted molar refractivity (Wildman–Crippen MR) is 88.4 cm³/mol. The Labute approximate surface area is 147 Å². The molecule has 1 saturated heterocycles. The Balaban J connectivity index is 1.57. The van der Waals surface area contributed by atoms with Crippen molar-refractivity contribution in [2.75, 3.05) is 36.4 Å². The van der Waals surface area contributed by atoms with E-state index in [1.54, 1.807) is 11.0 Å². The molecule has 2 aromatic rings. The summed E-state index contributed by atoms with van der Waals surface area (Å²) in [5, 5.41) is 2.51. The number of aromatic nitrogens is 1. The van der Waals surface area contributed by atoms with E-state index in [0.717, 1.165) is 12.3 Å². The first-order chi connectivity index (χ1) is 12.3. The molecule has 1 aromatic carbocycles. The fourth-order valence-electron chi connectivity index (χ4n) is 2.64. The summed E-state index contributed by atoms with van der Waals surface area (Å²) in [5.74, 6) is -0.0967. The summed E-state index contributed by atoms with van der Waals surface area (Å²) in [6, 6.07) is 7.75. The third-order valence-electron chi connectivity index (χ3n) is 4.08. The van der Waals surface area contributed by atoms with Crippen LogP contribution in [0, 0.1) is 5.82 Å². The molecule has 9 heteroatoms. The SMILES string of the molecule is O=C(Nc1ccccc1F)N1CCN(c2ccc(C(F)(F)F)cn2)CC1. The fraction of sp³-hybridized carbons (Fsp3) is 0.294. The van der Waals surface area contributed by atoms with Crippen molar-refractivity contribution in [2.24, 2.45) is 0 Å². The summed E-state index contributed by atoms with van der Waals surface area (Å²) in [5.41, 5.74) is -0.700. The van der Waals surface area contributed by atoms with Crippen LogP contribution in [0.4, 0.5) is 33.9 Å². The van der Waals surface area contributed by atoms with E-state index in [1.165, 1.54) is 29.2 Å². The van der Waals surface area contributed by atoms with Gasteiger partial charge in [-0.2, -0.15) is 13.2 Å². The van der Waals surface area contributed by atoms with E-state index < -0.39 is 23.6 Å². The molecule has 138 valence electrons. The van der Waals surface area contributed by atoms with E-state index in [2.05, 4.69) is 10.3 Å². The summed E-state index contributed by atoms with van der Waals surface area (Å²) < 4.78 is 51.3. The van der Waals surface area contributed by atoms with Gasteiger partial charge < -0.3 is 15.1 Å². The van der Waals surface area contributed by atoms with Gasteiger partial charge in [0, 0.05) is 32.4 Å². The molecule has 1 fully saturated rings. The normalized spacial score (nSPS) is 15.1. The van der Waals surface area contributed by atoms with Crippen LogP contribution < -0.4 is 10.2 Å². The minimum Gasteiger partial charge on any atom is -0.353 e. The first-order valence-electron chi connectivity index (χ1n) is 7.93. The number of rotatable bonds is 2. The lowest BCUT2D eigenvalue weighted by molar-refractivity contribution is -0.137. The molecule has 3 rings (SSSR count). The Bertz CT molecular complexity index is 771. The van der Waals surface area contributed by atoms with Gasteiger partial charge in [-0.15, -0.1) is 0 Å². The molecule has 0 saturated carbocycles. The maximum atomic E-state index is 13.6. The fourth-order valence-corrected chi connectivity index (χ4v) is 2.64. The maximum absolute atomic E-state index is 13.6. The van der Waals surface area contributed by atoms with Crippen molar-refractivity contribution in [2.45, 2.75) is 6.18 Å². The Hall–Kier alpha value is -2.84. The number of halogens is 4. The minimum atomic E-state index is -4.42. The van der Waals surface area contributed by atoms with Gasteiger partial charge in [0.2, 0.25) is 0 Å². The number of hydrogen-bond donors (Lipinski definition) is 1. The monoisotopic (exact) mass is 368 g/mol. The summed E-state index contributed by atoms with van der Waals surface area (Å²) >= 11 is 0. The standard InChI is InChI=1S/C17H16F4N4O/c18-13-3-1-2-4-14(13)23-16(26)25-9-7-24(8-10-25)15-6-5-12(11-22-15)17(19,20)21/h1-6,11H,7-10H2,(H,23,26). The zero-order chi connectivity index (χ0) is 18.7. The first-order valence-corrected chi connectivity index (χ1v) is 7.93. The lowest BCUT2D eigenvalue weighted by Gasteiger charge is -2.35. The number of hydrogen-bond acceptors (Lipinski definition) is 3. The van der Waals surface area contributed by atoms with Crippen LogP contribution in [0.3, 0.4) is 0 Å². The summed E-state index contributed by atoms with van der Waals surface area (Å²) in [6.45, 7) is 1.54. The van der Waals surface area contributed by atoms with E-state index in [1.807, 2.05) is 0 Å². The Morgan fingerprint density at radius 1 is 1.04 bits per heavy atom. The predicted octanol–water partition coefficient (Wildman–Crippen LogP) is 3.59. The highest BCUT2D eigenvalue weighted by Gasteiger charge is 2.31. The lowest BCUT2D eigenvalue weighted by atomic mass is 10.2. The third kappa shape index (κ3) is 4.04. The van der Waals surface area contributed by atoms with Crippen molar-refractivity contribution in [1.29, 1.82) is 0 Å². The molecule has 1 N–H and O–H groups in total. The number of pyridine rings is 1. The molecule has 2 heterocycles. The number of carbonyl (C=O) groups is 1. The summed E-state index contributed by atoms with van der Waals surface area (Å²) in [6.07, 6.45) is -3.62. The number of carbonyl (C=O) groups excluding carboxylic acids is 1. The molecule has 5 nitrogen and oxygen atoms in total. The number of amides is 2. The molecule has 26 heavy (non-hydrogen) atoms. The average molecular weight is 368 g/mol. The van der Waals surface area contributed by atoms with Gasteiger partial charge in [0.05, 0.1) is 11.3 Å². The number of benzene rings is 1. The molecule has 0 spiro atoms. The van der Waals surface area contributed by atoms with Crippen LogP contribution in [0.2, 0.25) is 0 Å². The zero-order valence-electron chi connectivity index (χ0n) is 13.6. The zero-order valence-corrected chi connectivity index (χ0v) is 13.6. The van der Waals surface area contributed by atoms with E-state index >= 15 is 0 Å². The number of nitrogens with zero attached hydrogens (tertiary/aromatic N) is 3. The second kappa shape index (κ2) is 7.19. The van der Waals surface area contributed by atoms with E-state index in [4.69, 9.17) is 0 Å². The molecule has 0 aliphatic carbocycles. The molecule has 2 amide bonds. The quantitative estimate of drug-likeness (QED) is 0.824. The van der Waals surface area contributed by atoms with Crippen molar-refractivity contribution in [3.8, 4) is 0 Å². The first kappa shape index (κ1) is 18.0. The molecule has 0 radical (unpaired) electrons. The van der Waals surface area contributed by atoms with Crippen LogP contribution >= 0.6 is 0 Å². The van der Waals surface area contributed by atoms with Crippen LogP contribution in [0.5, 0.6) is 0 Å². The number of nitrogens with one attached hydrogen (secondary N) is 1. The van der Waals surface area contributed by atoms with Gasteiger partial charge in [0.1, 0.15) is 11.6 Å².